The zero-order valence-corrected chi connectivity index (χ0v) is 12.5. The minimum absolute atomic E-state index is 0.0904. The minimum Gasteiger partial charge on any atom is -0.317 e. The summed E-state index contributed by atoms with van der Waals surface area (Å²) in [5.41, 5.74) is 0.793. The maximum Gasteiger partial charge on any atom is 0.232 e. The number of benzene rings is 1. The highest BCUT2D eigenvalue weighted by Crippen LogP contribution is 2.19. The van der Waals surface area contributed by atoms with Crippen molar-refractivity contribution in [3.8, 4) is 0 Å². The first-order valence-electron chi connectivity index (χ1n) is 6.94. The summed E-state index contributed by atoms with van der Waals surface area (Å²) in [4.78, 5) is 0. The van der Waals surface area contributed by atoms with Gasteiger partial charge in [-0.05, 0) is 62.9 Å². The van der Waals surface area contributed by atoms with E-state index in [1.807, 2.05) is 0 Å². The molecule has 1 aliphatic heterocycles. The minimum atomic E-state index is -3.40. The van der Waals surface area contributed by atoms with Gasteiger partial charge in [-0.25, -0.2) is 12.8 Å². The molecule has 4 nitrogen and oxygen atoms in total. The molecule has 0 atom stereocenters. The predicted octanol–water partition coefficient (Wildman–Crippen LogP) is 2.27. The van der Waals surface area contributed by atoms with Gasteiger partial charge in [0.05, 0.1) is 11.4 Å². The second-order valence-electron chi connectivity index (χ2n) is 5.37. The Morgan fingerprint density at radius 2 is 2.05 bits per heavy atom. The Morgan fingerprint density at radius 3 is 2.70 bits per heavy atom. The van der Waals surface area contributed by atoms with Gasteiger partial charge in [0.1, 0.15) is 5.82 Å². The van der Waals surface area contributed by atoms with Crippen LogP contribution in [0.5, 0.6) is 0 Å². The van der Waals surface area contributed by atoms with Crippen molar-refractivity contribution in [1.29, 1.82) is 0 Å². The van der Waals surface area contributed by atoms with Crippen LogP contribution < -0.4 is 10.0 Å². The monoisotopic (exact) mass is 300 g/mol. The van der Waals surface area contributed by atoms with Crippen LogP contribution in [0.15, 0.2) is 18.2 Å². The standard InChI is InChI=1S/C14H21FN2O2S/c1-11-2-3-13(10-14(11)15)17-20(18,19)9-6-12-4-7-16-8-5-12/h2-3,10,12,16-17H,4-9H2,1H3. The highest BCUT2D eigenvalue weighted by atomic mass is 32.2. The van der Waals surface area contributed by atoms with E-state index in [2.05, 4.69) is 10.0 Å². The van der Waals surface area contributed by atoms with Crippen LogP contribution in [0.25, 0.3) is 0 Å². The van der Waals surface area contributed by atoms with E-state index >= 15 is 0 Å². The number of aryl methyl sites for hydroxylation is 1. The van der Waals surface area contributed by atoms with Crippen LogP contribution in [0.2, 0.25) is 0 Å². The molecule has 0 bridgehead atoms. The lowest BCUT2D eigenvalue weighted by atomic mass is 9.96. The van der Waals surface area contributed by atoms with Gasteiger partial charge in [0.15, 0.2) is 0 Å². The molecule has 0 aromatic heterocycles. The molecule has 6 heteroatoms. The number of nitrogens with one attached hydrogen (secondary N) is 2. The summed E-state index contributed by atoms with van der Waals surface area (Å²) < 4.78 is 39.8. The van der Waals surface area contributed by atoms with Crippen LogP contribution in [0, 0.1) is 18.7 Å². The fourth-order valence-electron chi connectivity index (χ4n) is 2.38. The van der Waals surface area contributed by atoms with Crippen LogP contribution >= 0.6 is 0 Å². The Bertz CT molecular complexity index is 554. The van der Waals surface area contributed by atoms with E-state index in [0.717, 1.165) is 25.9 Å². The Hall–Kier alpha value is -1.14. The molecule has 1 fully saturated rings. The molecule has 0 radical (unpaired) electrons. The van der Waals surface area contributed by atoms with Crippen molar-refractivity contribution in [3.63, 3.8) is 0 Å². The average molecular weight is 300 g/mol. The lowest BCUT2D eigenvalue weighted by Gasteiger charge is -2.22. The molecule has 0 amide bonds. The number of piperidine rings is 1. The summed E-state index contributed by atoms with van der Waals surface area (Å²) in [6, 6.07) is 4.37. The Morgan fingerprint density at radius 1 is 1.35 bits per heavy atom. The number of halogens is 1. The molecular weight excluding hydrogens is 279 g/mol. The normalized spacial score (nSPS) is 17.1. The van der Waals surface area contributed by atoms with Crippen molar-refractivity contribution in [2.75, 3.05) is 23.6 Å². The fraction of sp³-hybridized carbons (Fsp3) is 0.571. The number of anilines is 1. The summed E-state index contributed by atoms with van der Waals surface area (Å²) in [6.07, 6.45) is 2.70. The molecule has 0 unspecified atom stereocenters. The molecule has 1 aliphatic rings. The molecule has 1 saturated heterocycles. The van der Waals surface area contributed by atoms with E-state index in [9.17, 15) is 12.8 Å². The SMILES string of the molecule is Cc1ccc(NS(=O)(=O)CCC2CCNCC2)cc1F. The number of sulfonamides is 1. The van der Waals surface area contributed by atoms with E-state index in [1.54, 1.807) is 19.1 Å². The second-order valence-corrected chi connectivity index (χ2v) is 7.21. The summed E-state index contributed by atoms with van der Waals surface area (Å²) in [5, 5.41) is 3.26. The van der Waals surface area contributed by atoms with Crippen molar-refractivity contribution in [3.05, 3.63) is 29.6 Å². The summed E-state index contributed by atoms with van der Waals surface area (Å²) in [5.74, 6) is 0.152. The zero-order chi connectivity index (χ0) is 14.6. The van der Waals surface area contributed by atoms with Crippen molar-refractivity contribution in [1.82, 2.24) is 5.32 Å². The fourth-order valence-corrected chi connectivity index (χ4v) is 3.61. The lowest BCUT2D eigenvalue weighted by Crippen LogP contribution is -2.29. The summed E-state index contributed by atoms with van der Waals surface area (Å²) >= 11 is 0. The topological polar surface area (TPSA) is 58.2 Å². The van der Waals surface area contributed by atoms with E-state index in [-0.39, 0.29) is 5.75 Å². The van der Waals surface area contributed by atoms with Gasteiger partial charge in [0.25, 0.3) is 0 Å². The second kappa shape index (κ2) is 6.54. The van der Waals surface area contributed by atoms with Crippen molar-refractivity contribution in [2.24, 2.45) is 5.92 Å². The van der Waals surface area contributed by atoms with Gasteiger partial charge >= 0.3 is 0 Å². The van der Waals surface area contributed by atoms with E-state index in [4.69, 9.17) is 0 Å². The van der Waals surface area contributed by atoms with E-state index in [1.165, 1.54) is 6.07 Å². The quantitative estimate of drug-likeness (QED) is 0.877. The molecule has 2 N–H and O–H groups in total. The summed E-state index contributed by atoms with van der Waals surface area (Å²) in [7, 11) is -3.40. The first-order valence-corrected chi connectivity index (χ1v) is 8.59. The highest BCUT2D eigenvalue weighted by Gasteiger charge is 2.18. The lowest BCUT2D eigenvalue weighted by molar-refractivity contribution is 0.365. The molecule has 1 aromatic rings. The Balaban J connectivity index is 1.91. The first-order chi connectivity index (χ1) is 9.46. The van der Waals surface area contributed by atoms with Crippen molar-refractivity contribution >= 4 is 15.7 Å². The van der Waals surface area contributed by atoms with Crippen molar-refractivity contribution in [2.45, 2.75) is 26.2 Å². The number of hydrogen-bond donors (Lipinski definition) is 2. The molecular formula is C14H21FN2O2S. The maximum absolute atomic E-state index is 13.4. The van der Waals surface area contributed by atoms with Gasteiger partial charge in [-0.15, -0.1) is 0 Å². The predicted molar refractivity (Wildman–Crippen MR) is 78.8 cm³/mol. The van der Waals surface area contributed by atoms with Crippen LogP contribution in [0.4, 0.5) is 10.1 Å². The molecule has 0 aliphatic carbocycles. The van der Waals surface area contributed by atoms with Gasteiger partial charge in [-0.2, -0.15) is 0 Å². The van der Waals surface area contributed by atoms with Crippen LogP contribution in [0.1, 0.15) is 24.8 Å². The molecule has 2 rings (SSSR count). The van der Waals surface area contributed by atoms with Gasteiger partial charge < -0.3 is 5.32 Å². The average Bonchev–Trinajstić information content (AvgIpc) is 2.42. The van der Waals surface area contributed by atoms with Gasteiger partial charge in [0.2, 0.25) is 10.0 Å². The van der Waals surface area contributed by atoms with Gasteiger partial charge in [0, 0.05) is 0 Å². The largest absolute Gasteiger partial charge is 0.317 e. The number of rotatable bonds is 5. The van der Waals surface area contributed by atoms with Crippen LogP contribution in [0.3, 0.4) is 0 Å². The third-order valence-electron chi connectivity index (χ3n) is 3.70. The molecule has 1 aromatic carbocycles. The van der Waals surface area contributed by atoms with Crippen LogP contribution in [-0.2, 0) is 10.0 Å². The molecule has 20 heavy (non-hydrogen) atoms. The van der Waals surface area contributed by atoms with Gasteiger partial charge in [-0.1, -0.05) is 6.07 Å². The molecule has 0 saturated carbocycles. The zero-order valence-electron chi connectivity index (χ0n) is 11.7. The molecule has 112 valence electrons. The smallest absolute Gasteiger partial charge is 0.232 e. The number of hydrogen-bond acceptors (Lipinski definition) is 3. The molecule has 1 heterocycles. The maximum atomic E-state index is 13.4. The molecule has 0 spiro atoms. The first kappa shape index (κ1) is 15.3. The third-order valence-corrected chi connectivity index (χ3v) is 5.02. The van der Waals surface area contributed by atoms with E-state index < -0.39 is 15.8 Å². The highest BCUT2D eigenvalue weighted by molar-refractivity contribution is 7.92. The Kier molecular flexibility index (Phi) is 4.99. The van der Waals surface area contributed by atoms with Gasteiger partial charge in [-0.3, -0.25) is 4.72 Å². The Labute approximate surface area is 119 Å². The third kappa shape index (κ3) is 4.45. The summed E-state index contributed by atoms with van der Waals surface area (Å²) in [6.45, 7) is 3.56. The van der Waals surface area contributed by atoms with E-state index in [0.29, 0.717) is 23.6 Å². The van der Waals surface area contributed by atoms with Crippen LogP contribution in [-0.4, -0.2) is 27.3 Å². The van der Waals surface area contributed by atoms with Crippen molar-refractivity contribution < 1.29 is 12.8 Å².